The number of aromatic hydroxyl groups is 1. The smallest absolute Gasteiger partial charge is 0.160 e. The van der Waals surface area contributed by atoms with E-state index in [2.05, 4.69) is 13.0 Å². The number of phenols is 1. The van der Waals surface area contributed by atoms with Crippen LogP contribution in [0.4, 0.5) is 0 Å². The van der Waals surface area contributed by atoms with Crippen molar-refractivity contribution in [3.8, 4) is 11.5 Å². The molecule has 1 fully saturated rings. The lowest BCUT2D eigenvalue weighted by Gasteiger charge is -2.33. The summed E-state index contributed by atoms with van der Waals surface area (Å²) in [5.41, 5.74) is 2.79. The summed E-state index contributed by atoms with van der Waals surface area (Å²) in [6, 6.07) is 4.03. The molecule has 0 amide bonds. The molecular weight excluding hydrogens is 236 g/mol. The molecule has 3 atom stereocenters. The van der Waals surface area contributed by atoms with Crippen molar-refractivity contribution < 1.29 is 9.84 Å². The van der Waals surface area contributed by atoms with Gasteiger partial charge in [0.1, 0.15) is 0 Å². The van der Waals surface area contributed by atoms with Crippen molar-refractivity contribution in [1.82, 2.24) is 0 Å². The van der Waals surface area contributed by atoms with E-state index in [1.54, 1.807) is 7.11 Å². The number of hydrogen-bond donors (Lipinski definition) is 1. The molecule has 0 radical (unpaired) electrons. The lowest BCUT2D eigenvalue weighted by molar-refractivity contribution is 0.313. The molecule has 0 aliphatic heterocycles. The minimum Gasteiger partial charge on any atom is -0.504 e. The molecule has 2 aliphatic rings. The Hall–Kier alpha value is -1.18. The van der Waals surface area contributed by atoms with Gasteiger partial charge in [0, 0.05) is 0 Å². The van der Waals surface area contributed by atoms with E-state index in [0.29, 0.717) is 17.4 Å². The van der Waals surface area contributed by atoms with Gasteiger partial charge in [0.15, 0.2) is 11.5 Å². The molecule has 2 heteroatoms. The predicted octanol–water partition coefficient (Wildman–Crippen LogP) is 4.26. The van der Waals surface area contributed by atoms with Gasteiger partial charge in [-0.3, -0.25) is 0 Å². The Balaban J connectivity index is 1.98. The molecule has 1 N–H and O–H groups in total. The molecule has 1 aromatic rings. The summed E-state index contributed by atoms with van der Waals surface area (Å²) in [4.78, 5) is 0. The SMILES string of the molecule is COc1cc2c(cc1O)CCCC2C1CCCC1C. The fourth-order valence-corrected chi connectivity index (χ4v) is 4.24. The standard InChI is InChI=1S/C17H24O2/c1-11-5-3-7-13(11)14-8-4-6-12-9-16(18)17(19-2)10-15(12)14/h9-11,13-14,18H,3-8H2,1-2H3. The molecule has 2 nitrogen and oxygen atoms in total. The first-order valence-electron chi connectivity index (χ1n) is 7.60. The highest BCUT2D eigenvalue weighted by molar-refractivity contribution is 5.49. The van der Waals surface area contributed by atoms with Crippen molar-refractivity contribution in [2.75, 3.05) is 7.11 Å². The van der Waals surface area contributed by atoms with Crippen molar-refractivity contribution >= 4 is 0 Å². The third-order valence-electron chi connectivity index (χ3n) is 5.25. The van der Waals surface area contributed by atoms with Crippen LogP contribution in [0.5, 0.6) is 11.5 Å². The van der Waals surface area contributed by atoms with Crippen LogP contribution in [0.25, 0.3) is 0 Å². The largest absolute Gasteiger partial charge is 0.504 e. The number of rotatable bonds is 2. The highest BCUT2D eigenvalue weighted by atomic mass is 16.5. The van der Waals surface area contributed by atoms with Gasteiger partial charge in [-0.25, -0.2) is 0 Å². The van der Waals surface area contributed by atoms with E-state index in [4.69, 9.17) is 4.74 Å². The minimum atomic E-state index is 0.293. The van der Waals surface area contributed by atoms with E-state index in [1.165, 1.54) is 43.2 Å². The van der Waals surface area contributed by atoms with Gasteiger partial charge < -0.3 is 9.84 Å². The fraction of sp³-hybridized carbons (Fsp3) is 0.647. The van der Waals surface area contributed by atoms with Crippen LogP contribution < -0.4 is 4.74 Å². The van der Waals surface area contributed by atoms with Gasteiger partial charge in [-0.2, -0.15) is 0 Å². The Morgan fingerprint density at radius 2 is 2.00 bits per heavy atom. The highest BCUT2D eigenvalue weighted by Gasteiger charge is 2.34. The van der Waals surface area contributed by atoms with E-state index in [-0.39, 0.29) is 0 Å². The van der Waals surface area contributed by atoms with Crippen LogP contribution in [-0.4, -0.2) is 12.2 Å². The number of benzene rings is 1. The van der Waals surface area contributed by atoms with Crippen molar-refractivity contribution in [3.05, 3.63) is 23.3 Å². The average molecular weight is 260 g/mol. The summed E-state index contributed by atoms with van der Waals surface area (Å²) in [6.07, 6.45) is 7.79. The van der Waals surface area contributed by atoms with Crippen LogP contribution in [0.2, 0.25) is 0 Å². The second-order valence-corrected chi connectivity index (χ2v) is 6.29. The summed E-state index contributed by atoms with van der Waals surface area (Å²) < 4.78 is 5.30. The maximum atomic E-state index is 9.95. The van der Waals surface area contributed by atoms with E-state index < -0.39 is 0 Å². The average Bonchev–Trinajstić information content (AvgIpc) is 2.83. The Bertz CT molecular complexity index is 467. The molecule has 0 saturated heterocycles. The summed E-state index contributed by atoms with van der Waals surface area (Å²) in [5, 5.41) is 9.95. The monoisotopic (exact) mass is 260 g/mol. The molecule has 0 aromatic heterocycles. The Morgan fingerprint density at radius 3 is 2.68 bits per heavy atom. The molecular formula is C17H24O2. The van der Waals surface area contributed by atoms with Crippen molar-refractivity contribution in [1.29, 1.82) is 0 Å². The van der Waals surface area contributed by atoms with Gasteiger partial charge in [-0.05, 0) is 66.7 Å². The van der Waals surface area contributed by atoms with Crippen LogP contribution in [-0.2, 0) is 6.42 Å². The quantitative estimate of drug-likeness (QED) is 0.861. The predicted molar refractivity (Wildman–Crippen MR) is 76.8 cm³/mol. The zero-order valence-corrected chi connectivity index (χ0v) is 12.0. The number of ether oxygens (including phenoxy) is 1. The second-order valence-electron chi connectivity index (χ2n) is 6.29. The molecule has 0 spiro atoms. The molecule has 0 heterocycles. The highest BCUT2D eigenvalue weighted by Crippen LogP contribution is 2.48. The molecule has 0 bridgehead atoms. The normalized spacial score (nSPS) is 30.1. The maximum absolute atomic E-state index is 9.95. The van der Waals surface area contributed by atoms with Crippen LogP contribution >= 0.6 is 0 Å². The van der Waals surface area contributed by atoms with Gasteiger partial charge in [0.25, 0.3) is 0 Å². The minimum absolute atomic E-state index is 0.293. The van der Waals surface area contributed by atoms with Crippen molar-refractivity contribution in [3.63, 3.8) is 0 Å². The molecule has 19 heavy (non-hydrogen) atoms. The van der Waals surface area contributed by atoms with Crippen LogP contribution in [0.15, 0.2) is 12.1 Å². The fourth-order valence-electron chi connectivity index (χ4n) is 4.24. The lowest BCUT2D eigenvalue weighted by Crippen LogP contribution is -2.20. The summed E-state index contributed by atoms with van der Waals surface area (Å²) >= 11 is 0. The van der Waals surface area contributed by atoms with Crippen LogP contribution in [0.3, 0.4) is 0 Å². The topological polar surface area (TPSA) is 29.5 Å². The summed E-state index contributed by atoms with van der Waals surface area (Å²) in [5.74, 6) is 3.28. The molecule has 104 valence electrons. The first-order valence-corrected chi connectivity index (χ1v) is 7.60. The van der Waals surface area contributed by atoms with E-state index in [0.717, 1.165) is 18.3 Å². The zero-order valence-electron chi connectivity index (χ0n) is 12.0. The molecule has 3 rings (SSSR count). The Kier molecular flexibility index (Phi) is 3.42. The van der Waals surface area contributed by atoms with Crippen LogP contribution in [0.1, 0.15) is 56.1 Å². The van der Waals surface area contributed by atoms with Crippen molar-refractivity contribution in [2.24, 2.45) is 11.8 Å². The van der Waals surface area contributed by atoms with E-state index in [1.807, 2.05) is 6.07 Å². The van der Waals surface area contributed by atoms with Gasteiger partial charge >= 0.3 is 0 Å². The number of methoxy groups -OCH3 is 1. The number of phenolic OH excluding ortho intramolecular Hbond substituents is 1. The first-order chi connectivity index (χ1) is 9.20. The Labute approximate surface area is 115 Å². The van der Waals surface area contributed by atoms with Gasteiger partial charge in [0.05, 0.1) is 7.11 Å². The molecule has 1 saturated carbocycles. The second kappa shape index (κ2) is 5.07. The third kappa shape index (κ3) is 2.22. The van der Waals surface area contributed by atoms with Crippen molar-refractivity contribution in [2.45, 2.75) is 51.4 Å². The zero-order chi connectivity index (χ0) is 13.4. The maximum Gasteiger partial charge on any atom is 0.160 e. The number of aryl methyl sites for hydroxylation is 1. The third-order valence-corrected chi connectivity index (χ3v) is 5.25. The van der Waals surface area contributed by atoms with Gasteiger partial charge in [-0.1, -0.05) is 19.8 Å². The van der Waals surface area contributed by atoms with Crippen LogP contribution in [0, 0.1) is 11.8 Å². The van der Waals surface area contributed by atoms with Gasteiger partial charge in [-0.15, -0.1) is 0 Å². The van der Waals surface area contributed by atoms with Gasteiger partial charge in [0.2, 0.25) is 0 Å². The number of fused-ring (bicyclic) bond motifs is 1. The van der Waals surface area contributed by atoms with E-state index >= 15 is 0 Å². The molecule has 3 unspecified atom stereocenters. The summed E-state index contributed by atoms with van der Waals surface area (Å²) in [7, 11) is 1.64. The molecule has 1 aromatic carbocycles. The first kappa shape index (κ1) is 12.8. The molecule has 2 aliphatic carbocycles. The van der Waals surface area contributed by atoms with E-state index in [9.17, 15) is 5.11 Å². The number of hydrogen-bond acceptors (Lipinski definition) is 2. The lowest BCUT2D eigenvalue weighted by atomic mass is 9.72. The Morgan fingerprint density at radius 1 is 1.16 bits per heavy atom. The summed E-state index contributed by atoms with van der Waals surface area (Å²) in [6.45, 7) is 2.41.